The van der Waals surface area contributed by atoms with Gasteiger partial charge in [0.15, 0.2) is 6.61 Å². The lowest BCUT2D eigenvalue weighted by Crippen LogP contribution is -2.29. The van der Waals surface area contributed by atoms with Crippen molar-refractivity contribution in [3.05, 3.63) is 28.2 Å². The molecule has 158 valence electrons. The summed E-state index contributed by atoms with van der Waals surface area (Å²) in [6.45, 7) is 0.481. The Morgan fingerprint density at radius 3 is 2.83 bits per heavy atom. The van der Waals surface area contributed by atoms with Gasteiger partial charge in [-0.2, -0.15) is 0 Å². The fraction of sp³-hybridized carbons (Fsp3) is 0.571. The van der Waals surface area contributed by atoms with Gasteiger partial charge in [-0.05, 0) is 50.0 Å². The van der Waals surface area contributed by atoms with Gasteiger partial charge in [-0.3, -0.25) is 14.4 Å². The quantitative estimate of drug-likeness (QED) is 0.364. The molecule has 1 aromatic rings. The highest BCUT2D eigenvalue weighted by molar-refractivity contribution is 7.17. The van der Waals surface area contributed by atoms with Crippen LogP contribution in [-0.2, 0) is 31.9 Å². The maximum atomic E-state index is 12.7. The minimum atomic E-state index is -0.426. The lowest BCUT2D eigenvalue weighted by atomic mass is 9.95. The molecule has 1 atom stereocenters. The van der Waals surface area contributed by atoms with Crippen molar-refractivity contribution in [1.82, 2.24) is 5.32 Å². The van der Waals surface area contributed by atoms with Crippen molar-refractivity contribution in [1.29, 1.82) is 0 Å². The summed E-state index contributed by atoms with van der Waals surface area (Å²) in [6.07, 6.45) is 10.2. The molecule has 0 aromatic carbocycles. The summed E-state index contributed by atoms with van der Waals surface area (Å²) >= 11 is 1.44. The van der Waals surface area contributed by atoms with E-state index in [1.165, 1.54) is 11.3 Å². The van der Waals surface area contributed by atoms with E-state index in [4.69, 9.17) is 9.47 Å². The summed E-state index contributed by atoms with van der Waals surface area (Å²) in [5.41, 5.74) is 1.56. The van der Waals surface area contributed by atoms with E-state index < -0.39 is 5.91 Å². The lowest BCUT2D eigenvalue weighted by Gasteiger charge is -2.13. The van der Waals surface area contributed by atoms with Gasteiger partial charge in [0.2, 0.25) is 0 Å². The number of rotatable bonds is 9. The van der Waals surface area contributed by atoms with Crippen LogP contribution in [0, 0.1) is 5.92 Å². The van der Waals surface area contributed by atoms with Crippen molar-refractivity contribution in [3.63, 3.8) is 0 Å². The fourth-order valence-corrected chi connectivity index (χ4v) is 5.00. The SMILES string of the molecule is COCCNC(=O)c1c(NC(=O)COC(=O)C[C@H]2C=CCC2)sc2c1CCCC2. The van der Waals surface area contributed by atoms with Crippen molar-refractivity contribution in [2.45, 2.75) is 44.9 Å². The molecule has 0 unspecified atom stereocenters. The van der Waals surface area contributed by atoms with Gasteiger partial charge in [-0.1, -0.05) is 12.2 Å². The molecular weight excluding hydrogens is 392 g/mol. The van der Waals surface area contributed by atoms with Crippen LogP contribution in [0.2, 0.25) is 0 Å². The minimum Gasteiger partial charge on any atom is -0.456 e. The molecule has 0 bridgehead atoms. The number of aryl methyl sites for hydroxylation is 1. The summed E-state index contributed by atoms with van der Waals surface area (Å²) in [7, 11) is 1.58. The Labute approximate surface area is 174 Å². The van der Waals surface area contributed by atoms with E-state index >= 15 is 0 Å². The average molecular weight is 421 g/mol. The van der Waals surface area contributed by atoms with Crippen LogP contribution >= 0.6 is 11.3 Å². The Hall–Kier alpha value is -2.19. The van der Waals surface area contributed by atoms with Crippen LogP contribution in [0.15, 0.2) is 12.2 Å². The molecule has 0 saturated heterocycles. The van der Waals surface area contributed by atoms with Gasteiger partial charge in [0.1, 0.15) is 5.00 Å². The number of ether oxygens (including phenoxy) is 2. The van der Waals surface area contributed by atoms with Crippen LogP contribution < -0.4 is 10.6 Å². The molecule has 1 aromatic heterocycles. The predicted molar refractivity (Wildman–Crippen MR) is 111 cm³/mol. The monoisotopic (exact) mass is 420 g/mol. The molecule has 7 nitrogen and oxygen atoms in total. The molecular formula is C21H28N2O5S. The molecule has 0 fully saturated rings. The first-order chi connectivity index (χ1) is 14.1. The molecule has 2 amide bonds. The van der Waals surface area contributed by atoms with Crippen molar-refractivity contribution >= 4 is 34.1 Å². The van der Waals surface area contributed by atoms with Gasteiger partial charge >= 0.3 is 5.97 Å². The molecule has 3 rings (SSSR count). The van der Waals surface area contributed by atoms with Crippen LogP contribution in [0.4, 0.5) is 5.00 Å². The molecule has 2 aliphatic rings. The van der Waals surface area contributed by atoms with Crippen LogP contribution in [0.25, 0.3) is 0 Å². The number of hydrogen-bond acceptors (Lipinski definition) is 6. The highest BCUT2D eigenvalue weighted by Crippen LogP contribution is 2.38. The molecule has 0 radical (unpaired) electrons. The summed E-state index contributed by atoms with van der Waals surface area (Å²) in [5, 5.41) is 6.16. The molecule has 2 N–H and O–H groups in total. The topological polar surface area (TPSA) is 93.7 Å². The Balaban J connectivity index is 1.60. The Kier molecular flexibility index (Phi) is 7.83. The smallest absolute Gasteiger partial charge is 0.306 e. The third kappa shape index (κ3) is 5.90. The van der Waals surface area contributed by atoms with Crippen LogP contribution in [0.3, 0.4) is 0 Å². The molecule has 0 saturated carbocycles. The first-order valence-corrected chi connectivity index (χ1v) is 10.9. The van der Waals surface area contributed by atoms with Crippen molar-refractivity contribution < 1.29 is 23.9 Å². The second-order valence-electron chi connectivity index (χ2n) is 7.34. The average Bonchev–Trinajstić information content (AvgIpc) is 3.33. The number of nitrogens with one attached hydrogen (secondary N) is 2. The number of carbonyl (C=O) groups excluding carboxylic acids is 3. The number of allylic oxidation sites excluding steroid dienone is 2. The maximum Gasteiger partial charge on any atom is 0.306 e. The van der Waals surface area contributed by atoms with Crippen LogP contribution in [0.5, 0.6) is 0 Å². The molecule has 29 heavy (non-hydrogen) atoms. The molecule has 0 aliphatic heterocycles. The predicted octanol–water partition coefficient (Wildman–Crippen LogP) is 2.84. The maximum absolute atomic E-state index is 12.7. The zero-order valence-corrected chi connectivity index (χ0v) is 17.6. The van der Waals surface area contributed by atoms with Crippen LogP contribution in [-0.4, -0.2) is 44.7 Å². The Bertz CT molecular complexity index is 786. The second-order valence-corrected chi connectivity index (χ2v) is 8.45. The number of amides is 2. The van der Waals surface area contributed by atoms with Gasteiger partial charge in [0, 0.05) is 18.5 Å². The van der Waals surface area contributed by atoms with Gasteiger partial charge in [0.05, 0.1) is 18.6 Å². The molecule has 8 heteroatoms. The first kappa shape index (κ1) is 21.5. The van der Waals surface area contributed by atoms with Crippen LogP contribution in [0.1, 0.15) is 52.9 Å². The second kappa shape index (κ2) is 10.5. The number of methoxy groups -OCH3 is 1. The normalized spacial score (nSPS) is 17.6. The van der Waals surface area contributed by atoms with Gasteiger partial charge in [0.25, 0.3) is 11.8 Å². The fourth-order valence-electron chi connectivity index (χ4n) is 3.70. The third-order valence-electron chi connectivity index (χ3n) is 5.15. The number of esters is 1. The zero-order valence-electron chi connectivity index (χ0n) is 16.8. The number of hydrogen-bond donors (Lipinski definition) is 2. The number of fused-ring (bicyclic) bond motifs is 1. The summed E-state index contributed by atoms with van der Waals surface area (Å²) in [5.74, 6) is -0.802. The number of anilines is 1. The summed E-state index contributed by atoms with van der Waals surface area (Å²) in [4.78, 5) is 38.1. The highest BCUT2D eigenvalue weighted by Gasteiger charge is 2.26. The van der Waals surface area contributed by atoms with E-state index in [9.17, 15) is 14.4 Å². The van der Waals surface area contributed by atoms with E-state index in [1.54, 1.807) is 7.11 Å². The minimum absolute atomic E-state index is 0.206. The summed E-state index contributed by atoms with van der Waals surface area (Å²) < 4.78 is 10.1. The molecule has 0 spiro atoms. The number of carbonyl (C=O) groups is 3. The standard InChI is InChI=1S/C21H28N2O5S/c1-27-11-10-22-20(26)19-15-8-4-5-9-16(15)29-21(19)23-17(24)13-28-18(25)12-14-6-2-3-7-14/h2,6,14H,3-5,7-13H2,1H3,(H,22,26)(H,23,24)/t14-/m0/s1. The third-order valence-corrected chi connectivity index (χ3v) is 6.36. The van der Waals surface area contributed by atoms with E-state index in [2.05, 4.69) is 16.7 Å². The van der Waals surface area contributed by atoms with Gasteiger partial charge in [-0.25, -0.2) is 0 Å². The van der Waals surface area contributed by atoms with Gasteiger partial charge in [-0.15, -0.1) is 11.3 Å². The number of thiophene rings is 1. The van der Waals surface area contributed by atoms with E-state index in [0.717, 1.165) is 49.0 Å². The van der Waals surface area contributed by atoms with E-state index in [1.807, 2.05) is 6.08 Å². The zero-order chi connectivity index (χ0) is 20.6. The lowest BCUT2D eigenvalue weighted by molar-refractivity contribution is -0.147. The van der Waals surface area contributed by atoms with Crippen molar-refractivity contribution in [3.8, 4) is 0 Å². The van der Waals surface area contributed by atoms with Crippen molar-refractivity contribution in [2.24, 2.45) is 5.92 Å². The van der Waals surface area contributed by atoms with Crippen molar-refractivity contribution in [2.75, 3.05) is 32.2 Å². The van der Waals surface area contributed by atoms with E-state index in [0.29, 0.717) is 30.1 Å². The summed E-state index contributed by atoms with van der Waals surface area (Å²) in [6, 6.07) is 0. The highest BCUT2D eigenvalue weighted by atomic mass is 32.1. The Morgan fingerprint density at radius 2 is 2.07 bits per heavy atom. The first-order valence-electron chi connectivity index (χ1n) is 10.1. The Morgan fingerprint density at radius 1 is 1.24 bits per heavy atom. The van der Waals surface area contributed by atoms with E-state index in [-0.39, 0.29) is 24.4 Å². The largest absolute Gasteiger partial charge is 0.456 e. The molecule has 1 heterocycles. The van der Waals surface area contributed by atoms with Gasteiger partial charge < -0.3 is 20.1 Å². The molecule has 2 aliphatic carbocycles.